The van der Waals surface area contributed by atoms with Gasteiger partial charge in [0.1, 0.15) is 11.6 Å². The second kappa shape index (κ2) is 8.66. The Morgan fingerprint density at radius 2 is 0.781 bits per heavy atom. The summed E-state index contributed by atoms with van der Waals surface area (Å²) in [5, 5.41) is 0. The lowest BCUT2D eigenvalue weighted by Gasteiger charge is -2.14. The normalized spacial score (nSPS) is 14.8. The molecule has 0 atom stereocenters. The molecular weight excluding hydrogens is 412 g/mol. The van der Waals surface area contributed by atoms with Gasteiger partial charge in [-0.1, -0.05) is 24.3 Å². The minimum Gasteiger partial charge on any atom is -0.300 e. The Kier molecular flexibility index (Phi) is 5.77. The van der Waals surface area contributed by atoms with Gasteiger partial charge in [0.25, 0.3) is 23.6 Å². The average molecular weight is 432 g/mol. The number of Topliss-reactive ketones (excluding diaryl/α,β-unsaturated/α-hetero) is 2. The molecule has 0 spiro atoms. The molecule has 2 aromatic carbocycles. The number of rotatable bonds is 9. The van der Waals surface area contributed by atoms with Gasteiger partial charge in [-0.3, -0.25) is 38.6 Å². The SMILES string of the molecule is O=C(CCC(=O)CCN1C(=O)c2ccccc2C1=O)CCN1C(=O)c2ccccc2C1=O. The van der Waals surface area contributed by atoms with Crippen LogP contribution in [0.1, 0.15) is 67.1 Å². The maximum atomic E-state index is 12.3. The third-order valence-electron chi connectivity index (χ3n) is 5.67. The largest absolute Gasteiger partial charge is 0.300 e. The molecule has 8 heteroatoms. The fourth-order valence-corrected chi connectivity index (χ4v) is 3.89. The van der Waals surface area contributed by atoms with Crippen molar-refractivity contribution in [2.45, 2.75) is 25.7 Å². The molecule has 2 aliphatic rings. The molecular formula is C24H20N2O6. The molecule has 2 aromatic rings. The van der Waals surface area contributed by atoms with Gasteiger partial charge < -0.3 is 0 Å². The molecule has 32 heavy (non-hydrogen) atoms. The second-order valence-electron chi connectivity index (χ2n) is 7.69. The van der Waals surface area contributed by atoms with E-state index in [-0.39, 0.29) is 50.3 Å². The van der Waals surface area contributed by atoms with E-state index in [4.69, 9.17) is 0 Å². The molecule has 2 heterocycles. The first-order valence-corrected chi connectivity index (χ1v) is 10.3. The minimum absolute atomic E-state index is 0.0237. The molecule has 162 valence electrons. The zero-order chi connectivity index (χ0) is 22.8. The van der Waals surface area contributed by atoms with Gasteiger partial charge in [-0.15, -0.1) is 0 Å². The van der Waals surface area contributed by atoms with E-state index in [1.807, 2.05) is 0 Å². The first-order chi connectivity index (χ1) is 15.4. The lowest BCUT2D eigenvalue weighted by molar-refractivity contribution is -0.124. The quantitative estimate of drug-likeness (QED) is 0.563. The fourth-order valence-electron chi connectivity index (χ4n) is 3.89. The number of benzene rings is 2. The summed E-state index contributed by atoms with van der Waals surface area (Å²) in [6.07, 6.45) is -0.109. The van der Waals surface area contributed by atoms with E-state index < -0.39 is 23.6 Å². The first-order valence-electron chi connectivity index (χ1n) is 10.3. The molecule has 0 aromatic heterocycles. The molecule has 0 radical (unpaired) electrons. The van der Waals surface area contributed by atoms with Gasteiger partial charge in [0, 0.05) is 38.8 Å². The van der Waals surface area contributed by atoms with Gasteiger partial charge in [-0.2, -0.15) is 0 Å². The summed E-state index contributed by atoms with van der Waals surface area (Å²) in [6.45, 7) is -0.0666. The van der Waals surface area contributed by atoms with Gasteiger partial charge >= 0.3 is 0 Å². The van der Waals surface area contributed by atoms with Crippen LogP contribution in [0.25, 0.3) is 0 Å². The number of nitrogens with zero attached hydrogens (tertiary/aromatic N) is 2. The lowest BCUT2D eigenvalue weighted by atomic mass is 10.1. The highest BCUT2D eigenvalue weighted by molar-refractivity contribution is 6.22. The molecule has 4 amide bonds. The molecule has 2 aliphatic heterocycles. The number of ketones is 2. The number of carbonyl (C=O) groups excluding carboxylic acids is 6. The monoisotopic (exact) mass is 432 g/mol. The number of hydrogen-bond acceptors (Lipinski definition) is 6. The summed E-state index contributed by atoms with van der Waals surface area (Å²) >= 11 is 0. The number of amides is 4. The third-order valence-corrected chi connectivity index (χ3v) is 5.67. The van der Waals surface area contributed by atoms with E-state index in [2.05, 4.69) is 0 Å². The summed E-state index contributed by atoms with van der Waals surface area (Å²) in [4.78, 5) is 75.7. The molecule has 0 saturated carbocycles. The maximum Gasteiger partial charge on any atom is 0.261 e. The summed E-state index contributed by atoms with van der Waals surface area (Å²) in [5.74, 6) is -2.16. The van der Waals surface area contributed by atoms with Crippen molar-refractivity contribution in [2.75, 3.05) is 13.1 Å². The van der Waals surface area contributed by atoms with Gasteiger partial charge in [0.05, 0.1) is 22.3 Å². The van der Waals surface area contributed by atoms with E-state index >= 15 is 0 Å². The number of carbonyl (C=O) groups is 6. The summed E-state index contributed by atoms with van der Waals surface area (Å²) in [5.41, 5.74) is 1.31. The highest BCUT2D eigenvalue weighted by Crippen LogP contribution is 2.24. The number of hydrogen-bond donors (Lipinski definition) is 0. The van der Waals surface area contributed by atoms with Crippen molar-refractivity contribution in [3.8, 4) is 0 Å². The van der Waals surface area contributed by atoms with Crippen molar-refractivity contribution < 1.29 is 28.8 Å². The molecule has 0 N–H and O–H groups in total. The van der Waals surface area contributed by atoms with Crippen LogP contribution in [0.15, 0.2) is 48.5 Å². The van der Waals surface area contributed by atoms with E-state index in [0.29, 0.717) is 22.3 Å². The predicted molar refractivity (Wildman–Crippen MR) is 112 cm³/mol. The van der Waals surface area contributed by atoms with Gasteiger partial charge in [0.15, 0.2) is 0 Å². The van der Waals surface area contributed by atoms with Gasteiger partial charge in [-0.05, 0) is 24.3 Å². The predicted octanol–water partition coefficient (Wildman–Crippen LogP) is 2.28. The molecule has 0 bridgehead atoms. The van der Waals surface area contributed by atoms with Gasteiger partial charge in [-0.25, -0.2) is 0 Å². The van der Waals surface area contributed by atoms with E-state index in [9.17, 15) is 28.8 Å². The van der Waals surface area contributed by atoms with Crippen LogP contribution in [0.5, 0.6) is 0 Å². The van der Waals surface area contributed by atoms with Crippen molar-refractivity contribution in [1.82, 2.24) is 9.80 Å². The van der Waals surface area contributed by atoms with E-state index in [1.165, 1.54) is 0 Å². The standard InChI is InChI=1S/C24H20N2O6/c27-15(11-13-25-21(29)17-5-1-2-6-18(17)22(25)30)9-10-16(28)12-14-26-23(31)19-7-3-4-8-20(19)24(26)32/h1-8H,9-14H2. The van der Waals surface area contributed by atoms with Crippen LogP contribution in [-0.4, -0.2) is 58.1 Å². The number of fused-ring (bicyclic) bond motifs is 2. The van der Waals surface area contributed by atoms with Crippen molar-refractivity contribution in [2.24, 2.45) is 0 Å². The average Bonchev–Trinajstić information content (AvgIpc) is 3.20. The topological polar surface area (TPSA) is 109 Å². The Hall–Kier alpha value is -3.94. The molecule has 0 saturated heterocycles. The Labute approximate surface area is 183 Å². The van der Waals surface area contributed by atoms with Crippen LogP contribution in [0.2, 0.25) is 0 Å². The second-order valence-corrected chi connectivity index (χ2v) is 7.69. The highest BCUT2D eigenvalue weighted by Gasteiger charge is 2.36. The molecule has 4 rings (SSSR count). The lowest BCUT2D eigenvalue weighted by Crippen LogP contribution is -2.32. The Bertz CT molecular complexity index is 1010. The van der Waals surface area contributed by atoms with Crippen LogP contribution in [0.3, 0.4) is 0 Å². The summed E-state index contributed by atoms with van der Waals surface area (Å²) < 4.78 is 0. The molecule has 0 aliphatic carbocycles. The van der Waals surface area contributed by atoms with Crippen molar-refractivity contribution in [3.63, 3.8) is 0 Å². The highest BCUT2D eigenvalue weighted by atomic mass is 16.2. The number of imide groups is 2. The molecule has 0 fully saturated rings. The van der Waals surface area contributed by atoms with Crippen molar-refractivity contribution >= 4 is 35.2 Å². The molecule has 8 nitrogen and oxygen atoms in total. The smallest absolute Gasteiger partial charge is 0.261 e. The minimum atomic E-state index is -0.421. The van der Waals surface area contributed by atoms with Crippen LogP contribution in [-0.2, 0) is 9.59 Å². The van der Waals surface area contributed by atoms with E-state index in [0.717, 1.165) is 9.80 Å². The third kappa shape index (κ3) is 3.87. The zero-order valence-corrected chi connectivity index (χ0v) is 17.2. The summed E-state index contributed by atoms with van der Waals surface area (Å²) in [6, 6.07) is 13.0. The van der Waals surface area contributed by atoms with Gasteiger partial charge in [0.2, 0.25) is 0 Å². The summed E-state index contributed by atoms with van der Waals surface area (Å²) in [7, 11) is 0. The van der Waals surface area contributed by atoms with Crippen molar-refractivity contribution in [3.05, 3.63) is 70.8 Å². The van der Waals surface area contributed by atoms with Crippen LogP contribution < -0.4 is 0 Å². The Balaban J connectivity index is 1.21. The maximum absolute atomic E-state index is 12.3. The van der Waals surface area contributed by atoms with Crippen molar-refractivity contribution in [1.29, 1.82) is 0 Å². The Morgan fingerprint density at radius 1 is 0.500 bits per heavy atom. The molecule has 0 unspecified atom stereocenters. The zero-order valence-electron chi connectivity index (χ0n) is 17.2. The first kappa shape index (κ1) is 21.3. The van der Waals surface area contributed by atoms with Crippen LogP contribution in [0.4, 0.5) is 0 Å². The van der Waals surface area contributed by atoms with Crippen LogP contribution in [0, 0.1) is 0 Å². The van der Waals surface area contributed by atoms with E-state index in [1.54, 1.807) is 48.5 Å². The van der Waals surface area contributed by atoms with Crippen LogP contribution >= 0.6 is 0 Å². The fraction of sp³-hybridized carbons (Fsp3) is 0.250. The Morgan fingerprint density at radius 3 is 1.06 bits per heavy atom.